The van der Waals surface area contributed by atoms with Gasteiger partial charge in [-0.1, -0.05) is 6.07 Å². The van der Waals surface area contributed by atoms with E-state index in [4.69, 9.17) is 9.47 Å². The molecule has 0 aromatic heterocycles. The first-order valence-corrected chi connectivity index (χ1v) is 9.63. The lowest BCUT2D eigenvalue weighted by Crippen LogP contribution is -2.44. The molecule has 0 amide bonds. The van der Waals surface area contributed by atoms with E-state index in [1.54, 1.807) is 7.11 Å². The molecule has 2 aromatic carbocycles. The van der Waals surface area contributed by atoms with Gasteiger partial charge in [0.2, 0.25) is 0 Å². The van der Waals surface area contributed by atoms with Crippen molar-refractivity contribution in [1.82, 2.24) is 5.32 Å². The molecule has 26 heavy (non-hydrogen) atoms. The third kappa shape index (κ3) is 2.43. The summed E-state index contributed by atoms with van der Waals surface area (Å²) in [6, 6.07) is 11.8. The Morgan fingerprint density at radius 3 is 3.00 bits per heavy atom. The molecule has 0 radical (unpaired) electrons. The minimum atomic E-state index is 0.592. The molecule has 1 fully saturated rings. The average Bonchev–Trinajstić information content (AvgIpc) is 2.83. The van der Waals surface area contributed by atoms with Crippen LogP contribution in [0.3, 0.4) is 0 Å². The number of nitrogens with zero attached hydrogens (tertiary/aromatic N) is 1. The first-order valence-electron chi connectivity index (χ1n) is 9.63. The van der Waals surface area contributed by atoms with E-state index in [1.807, 2.05) is 0 Å². The van der Waals surface area contributed by atoms with Gasteiger partial charge < -0.3 is 19.7 Å². The van der Waals surface area contributed by atoms with Crippen molar-refractivity contribution in [3.8, 4) is 16.9 Å². The molecule has 5 rings (SSSR count). The third-order valence-corrected chi connectivity index (χ3v) is 6.23. The first kappa shape index (κ1) is 16.2. The molecule has 136 valence electrons. The highest BCUT2D eigenvalue weighted by molar-refractivity contribution is 5.77. The number of methoxy groups -OCH3 is 1. The number of hydrogen-bond acceptors (Lipinski definition) is 4. The SMILES string of the molecule is COc1ccc(-c2cc3c4c(c2)[C@@H]2CNCC[C@@H]2N4CCOC3)c(C)c1. The predicted molar refractivity (Wildman–Crippen MR) is 104 cm³/mol. The fraction of sp³-hybridized carbons (Fsp3) is 0.455. The number of aryl methyl sites for hydroxylation is 1. The number of benzene rings is 2. The van der Waals surface area contributed by atoms with Crippen molar-refractivity contribution in [2.45, 2.75) is 31.9 Å². The van der Waals surface area contributed by atoms with Crippen molar-refractivity contribution >= 4 is 5.69 Å². The molecule has 1 N–H and O–H groups in total. The number of rotatable bonds is 2. The standard InChI is InChI=1S/C22H26N2O2/c1-14-9-17(25-2)3-4-18(14)15-10-16-13-26-8-7-24-21-5-6-23-12-20(21)19(11-15)22(16)24/h3-4,9-11,20-21,23H,5-8,12-13H2,1-2H3/t20-,21-/m0/s1. The lowest BCUT2D eigenvalue weighted by Gasteiger charge is -2.33. The highest BCUT2D eigenvalue weighted by Gasteiger charge is 2.41. The highest BCUT2D eigenvalue weighted by Crippen LogP contribution is 2.48. The number of piperidine rings is 1. The average molecular weight is 350 g/mol. The van der Waals surface area contributed by atoms with E-state index in [1.165, 1.54) is 39.9 Å². The molecule has 0 spiro atoms. The van der Waals surface area contributed by atoms with Crippen LogP contribution in [0.2, 0.25) is 0 Å². The van der Waals surface area contributed by atoms with Crippen LogP contribution in [0, 0.1) is 6.92 Å². The fourth-order valence-corrected chi connectivity index (χ4v) is 5.03. The molecule has 0 aliphatic carbocycles. The zero-order chi connectivity index (χ0) is 17.7. The van der Waals surface area contributed by atoms with Crippen molar-refractivity contribution in [3.63, 3.8) is 0 Å². The van der Waals surface area contributed by atoms with Gasteiger partial charge >= 0.3 is 0 Å². The molecule has 4 heteroatoms. The van der Waals surface area contributed by atoms with Crippen LogP contribution < -0.4 is 15.0 Å². The number of anilines is 1. The molecule has 0 unspecified atom stereocenters. The Labute approximate surface area is 155 Å². The number of hydrogen-bond donors (Lipinski definition) is 1. The van der Waals surface area contributed by atoms with Gasteiger partial charge in [0.25, 0.3) is 0 Å². The van der Waals surface area contributed by atoms with E-state index < -0.39 is 0 Å². The maximum absolute atomic E-state index is 5.94. The molecular weight excluding hydrogens is 324 g/mol. The normalized spacial score (nSPS) is 24.0. The quantitative estimate of drug-likeness (QED) is 0.899. The van der Waals surface area contributed by atoms with E-state index in [0.717, 1.165) is 38.6 Å². The third-order valence-electron chi connectivity index (χ3n) is 6.23. The number of ether oxygens (including phenoxy) is 2. The molecule has 3 aliphatic rings. The molecule has 0 saturated carbocycles. The van der Waals surface area contributed by atoms with Crippen molar-refractivity contribution < 1.29 is 9.47 Å². The number of nitrogens with one attached hydrogen (secondary N) is 1. The second kappa shape index (κ2) is 6.29. The smallest absolute Gasteiger partial charge is 0.119 e. The van der Waals surface area contributed by atoms with Gasteiger partial charge in [0, 0.05) is 36.3 Å². The summed E-state index contributed by atoms with van der Waals surface area (Å²) in [4.78, 5) is 2.63. The summed E-state index contributed by atoms with van der Waals surface area (Å²) in [5.74, 6) is 1.51. The highest BCUT2D eigenvalue weighted by atomic mass is 16.5. The Morgan fingerprint density at radius 2 is 2.15 bits per heavy atom. The zero-order valence-electron chi connectivity index (χ0n) is 15.5. The Bertz CT molecular complexity index is 848. The molecule has 0 bridgehead atoms. The zero-order valence-corrected chi connectivity index (χ0v) is 15.5. The van der Waals surface area contributed by atoms with Gasteiger partial charge in [-0.2, -0.15) is 0 Å². The largest absolute Gasteiger partial charge is 0.497 e. The fourth-order valence-electron chi connectivity index (χ4n) is 5.03. The molecule has 4 nitrogen and oxygen atoms in total. The maximum Gasteiger partial charge on any atom is 0.119 e. The number of fused-ring (bicyclic) bond motifs is 3. The van der Waals surface area contributed by atoms with Crippen LogP contribution in [0.4, 0.5) is 5.69 Å². The summed E-state index contributed by atoms with van der Waals surface area (Å²) in [6.07, 6.45) is 1.22. The van der Waals surface area contributed by atoms with Gasteiger partial charge in [0.1, 0.15) is 5.75 Å². The van der Waals surface area contributed by atoms with Crippen molar-refractivity contribution in [1.29, 1.82) is 0 Å². The van der Waals surface area contributed by atoms with Gasteiger partial charge in [0.15, 0.2) is 0 Å². The Morgan fingerprint density at radius 1 is 1.23 bits per heavy atom. The summed E-state index contributed by atoms with van der Waals surface area (Å²) in [7, 11) is 1.72. The van der Waals surface area contributed by atoms with Crippen molar-refractivity contribution in [2.75, 3.05) is 38.3 Å². The Balaban J connectivity index is 1.66. The van der Waals surface area contributed by atoms with Gasteiger partial charge in [-0.15, -0.1) is 0 Å². The van der Waals surface area contributed by atoms with E-state index in [-0.39, 0.29) is 0 Å². The van der Waals surface area contributed by atoms with E-state index in [9.17, 15) is 0 Å². The van der Waals surface area contributed by atoms with Gasteiger partial charge in [-0.05, 0) is 66.4 Å². The molecule has 1 saturated heterocycles. The van der Waals surface area contributed by atoms with Crippen LogP contribution >= 0.6 is 0 Å². The van der Waals surface area contributed by atoms with Gasteiger partial charge in [-0.3, -0.25) is 0 Å². The van der Waals surface area contributed by atoms with Gasteiger partial charge in [-0.25, -0.2) is 0 Å². The lowest BCUT2D eigenvalue weighted by atomic mass is 9.87. The Kier molecular flexibility index (Phi) is 3.91. The topological polar surface area (TPSA) is 33.7 Å². The summed E-state index contributed by atoms with van der Waals surface area (Å²) < 4.78 is 11.3. The molecule has 3 heterocycles. The minimum absolute atomic E-state index is 0.592. The maximum atomic E-state index is 5.94. The van der Waals surface area contributed by atoms with Crippen LogP contribution in [0.1, 0.15) is 29.0 Å². The van der Waals surface area contributed by atoms with Crippen LogP contribution in [0.5, 0.6) is 5.75 Å². The van der Waals surface area contributed by atoms with Crippen molar-refractivity contribution in [3.05, 3.63) is 47.0 Å². The lowest BCUT2D eigenvalue weighted by molar-refractivity contribution is 0.130. The summed E-state index contributed by atoms with van der Waals surface area (Å²) in [5, 5.41) is 3.61. The monoisotopic (exact) mass is 350 g/mol. The first-order chi connectivity index (χ1) is 12.8. The summed E-state index contributed by atoms with van der Waals surface area (Å²) in [6.45, 7) is 6.92. The van der Waals surface area contributed by atoms with Crippen LogP contribution in [0.25, 0.3) is 11.1 Å². The predicted octanol–water partition coefficient (Wildman–Crippen LogP) is 3.47. The van der Waals surface area contributed by atoms with Crippen molar-refractivity contribution in [2.24, 2.45) is 0 Å². The van der Waals surface area contributed by atoms with E-state index in [0.29, 0.717) is 12.0 Å². The van der Waals surface area contributed by atoms with Gasteiger partial charge in [0.05, 0.1) is 20.3 Å². The summed E-state index contributed by atoms with van der Waals surface area (Å²) >= 11 is 0. The van der Waals surface area contributed by atoms with E-state index in [2.05, 4.69) is 47.5 Å². The van der Waals surface area contributed by atoms with Crippen LogP contribution in [0.15, 0.2) is 30.3 Å². The summed E-state index contributed by atoms with van der Waals surface area (Å²) in [5.41, 5.74) is 8.15. The molecule has 2 aromatic rings. The molecular formula is C22H26N2O2. The molecule has 2 atom stereocenters. The van der Waals surface area contributed by atoms with E-state index >= 15 is 0 Å². The molecule has 3 aliphatic heterocycles. The Hall–Kier alpha value is -2.04. The second-order valence-corrected chi connectivity index (χ2v) is 7.67. The minimum Gasteiger partial charge on any atom is -0.497 e. The van der Waals surface area contributed by atoms with Crippen LogP contribution in [-0.2, 0) is 11.3 Å². The second-order valence-electron chi connectivity index (χ2n) is 7.67. The van der Waals surface area contributed by atoms with Crippen LogP contribution in [-0.4, -0.2) is 39.4 Å².